The lowest BCUT2D eigenvalue weighted by Crippen LogP contribution is -2.78. The number of hydrogen-bond acceptors (Lipinski definition) is 4. The van der Waals surface area contributed by atoms with Crippen molar-refractivity contribution in [1.29, 1.82) is 0 Å². The lowest BCUT2D eigenvalue weighted by Gasteiger charge is -2.62. The average molecular weight is 403 g/mol. The summed E-state index contributed by atoms with van der Waals surface area (Å²) in [5.74, 6) is 1.03. The molecule has 2 aliphatic carbocycles. The van der Waals surface area contributed by atoms with Crippen molar-refractivity contribution in [3.63, 3.8) is 0 Å². The molecular formula is C22H30N2O3S. The number of rotatable bonds is 5. The van der Waals surface area contributed by atoms with Crippen molar-refractivity contribution in [1.82, 2.24) is 9.80 Å². The second-order valence-corrected chi connectivity index (χ2v) is 9.84. The van der Waals surface area contributed by atoms with Gasteiger partial charge in [-0.25, -0.2) is 0 Å². The van der Waals surface area contributed by atoms with Crippen LogP contribution in [-0.4, -0.2) is 59.0 Å². The van der Waals surface area contributed by atoms with Crippen LogP contribution in [0.25, 0.3) is 0 Å². The first-order valence-electron chi connectivity index (χ1n) is 11.0. The SMILES string of the molecule is O=C(c1ccsc1)N1CCC(N2C(=O)C(OCC3CC3)C23CCCCC3)CC1. The second-order valence-electron chi connectivity index (χ2n) is 9.06. The summed E-state index contributed by atoms with van der Waals surface area (Å²) in [7, 11) is 0. The molecule has 0 N–H and O–H groups in total. The molecule has 1 aromatic heterocycles. The van der Waals surface area contributed by atoms with Gasteiger partial charge in [-0.15, -0.1) is 0 Å². The number of amides is 2. The molecule has 4 aliphatic rings. The van der Waals surface area contributed by atoms with E-state index in [1.54, 1.807) is 11.3 Å². The molecule has 5 nitrogen and oxygen atoms in total. The fourth-order valence-corrected chi connectivity index (χ4v) is 6.12. The predicted molar refractivity (Wildman–Crippen MR) is 108 cm³/mol. The number of hydrogen-bond donors (Lipinski definition) is 0. The number of ether oxygens (including phenoxy) is 1. The molecule has 0 aromatic carbocycles. The van der Waals surface area contributed by atoms with Crippen molar-refractivity contribution in [3.8, 4) is 0 Å². The topological polar surface area (TPSA) is 49.9 Å². The molecule has 28 heavy (non-hydrogen) atoms. The molecule has 1 atom stereocenters. The van der Waals surface area contributed by atoms with Crippen LogP contribution >= 0.6 is 11.3 Å². The molecule has 5 rings (SSSR count). The van der Waals surface area contributed by atoms with Gasteiger partial charge in [-0.05, 0) is 55.9 Å². The van der Waals surface area contributed by atoms with Crippen LogP contribution in [0.2, 0.25) is 0 Å². The lowest BCUT2D eigenvalue weighted by molar-refractivity contribution is -0.211. The Hall–Kier alpha value is -1.40. The van der Waals surface area contributed by atoms with Crippen LogP contribution in [0.1, 0.15) is 68.1 Å². The Morgan fingerprint density at radius 2 is 1.89 bits per heavy atom. The number of carbonyl (C=O) groups is 2. The molecule has 152 valence electrons. The highest BCUT2D eigenvalue weighted by molar-refractivity contribution is 7.08. The number of carbonyl (C=O) groups excluding carboxylic acids is 2. The van der Waals surface area contributed by atoms with E-state index in [9.17, 15) is 9.59 Å². The third kappa shape index (κ3) is 3.18. The minimum Gasteiger partial charge on any atom is -0.366 e. The number of nitrogens with zero attached hydrogens (tertiary/aromatic N) is 2. The van der Waals surface area contributed by atoms with E-state index < -0.39 is 0 Å². The van der Waals surface area contributed by atoms with Gasteiger partial charge in [0.1, 0.15) is 0 Å². The minimum atomic E-state index is -0.209. The fraction of sp³-hybridized carbons (Fsp3) is 0.727. The van der Waals surface area contributed by atoms with Crippen LogP contribution in [-0.2, 0) is 9.53 Å². The van der Waals surface area contributed by atoms with Crippen molar-refractivity contribution in [2.75, 3.05) is 19.7 Å². The molecule has 6 heteroatoms. The van der Waals surface area contributed by atoms with Gasteiger partial charge < -0.3 is 14.5 Å². The number of piperidine rings is 1. The summed E-state index contributed by atoms with van der Waals surface area (Å²) in [6.45, 7) is 2.25. The Bertz CT molecular complexity index is 716. The Balaban J connectivity index is 1.25. The molecular weight excluding hydrogens is 372 g/mol. The van der Waals surface area contributed by atoms with E-state index in [4.69, 9.17) is 4.74 Å². The highest BCUT2D eigenvalue weighted by Crippen LogP contribution is 2.48. The van der Waals surface area contributed by atoms with Crippen molar-refractivity contribution >= 4 is 23.2 Å². The van der Waals surface area contributed by atoms with Crippen LogP contribution in [0.3, 0.4) is 0 Å². The van der Waals surface area contributed by atoms with Gasteiger partial charge in [0, 0.05) is 24.5 Å². The molecule has 1 unspecified atom stereocenters. The van der Waals surface area contributed by atoms with Gasteiger partial charge in [0.25, 0.3) is 11.8 Å². The van der Waals surface area contributed by atoms with Gasteiger partial charge in [0.15, 0.2) is 6.10 Å². The fourth-order valence-electron chi connectivity index (χ4n) is 5.49. The molecule has 2 saturated carbocycles. The van der Waals surface area contributed by atoms with E-state index in [1.165, 1.54) is 32.1 Å². The molecule has 0 bridgehead atoms. The summed E-state index contributed by atoms with van der Waals surface area (Å²) >= 11 is 1.56. The third-order valence-corrected chi connectivity index (χ3v) is 7.91. The van der Waals surface area contributed by atoms with Gasteiger partial charge in [0.2, 0.25) is 0 Å². The average Bonchev–Trinajstić information content (AvgIpc) is 3.39. The molecule has 1 aromatic rings. The van der Waals surface area contributed by atoms with Crippen LogP contribution < -0.4 is 0 Å². The molecule has 0 radical (unpaired) electrons. The summed E-state index contributed by atoms with van der Waals surface area (Å²) in [4.78, 5) is 29.9. The zero-order chi connectivity index (χ0) is 19.1. The van der Waals surface area contributed by atoms with Gasteiger partial charge in [-0.2, -0.15) is 11.3 Å². The summed E-state index contributed by atoms with van der Waals surface area (Å²) in [6.07, 6.45) is 9.92. The van der Waals surface area contributed by atoms with E-state index in [2.05, 4.69) is 4.90 Å². The maximum absolute atomic E-state index is 13.1. The molecule has 2 amide bonds. The van der Waals surface area contributed by atoms with Crippen molar-refractivity contribution in [2.45, 2.75) is 75.5 Å². The summed E-state index contributed by atoms with van der Waals surface area (Å²) in [5.41, 5.74) is 0.731. The maximum Gasteiger partial charge on any atom is 0.254 e. The van der Waals surface area contributed by atoms with Gasteiger partial charge in [-0.3, -0.25) is 9.59 Å². The highest BCUT2D eigenvalue weighted by Gasteiger charge is 2.62. The predicted octanol–water partition coefficient (Wildman–Crippen LogP) is 3.69. The minimum absolute atomic E-state index is 0.0611. The standard InChI is InChI=1S/C22H30N2O3S/c25-20(17-8-13-28-15-17)23-11-6-18(7-12-23)24-21(26)19(27-14-16-4-5-16)22(24)9-2-1-3-10-22/h8,13,15-16,18-19H,1-7,9-12,14H2. The van der Waals surface area contributed by atoms with Crippen molar-refractivity contribution in [2.24, 2.45) is 5.92 Å². The van der Waals surface area contributed by atoms with Gasteiger partial charge in [0.05, 0.1) is 17.7 Å². The van der Waals surface area contributed by atoms with Crippen LogP contribution in [0, 0.1) is 5.92 Å². The zero-order valence-corrected chi connectivity index (χ0v) is 17.3. The smallest absolute Gasteiger partial charge is 0.254 e. The molecule has 3 heterocycles. The van der Waals surface area contributed by atoms with Crippen molar-refractivity contribution < 1.29 is 14.3 Å². The first-order chi connectivity index (χ1) is 13.7. The Morgan fingerprint density at radius 3 is 2.54 bits per heavy atom. The van der Waals surface area contributed by atoms with E-state index in [0.717, 1.165) is 50.9 Å². The zero-order valence-electron chi connectivity index (χ0n) is 16.5. The number of thiophene rings is 1. The normalized spacial score (nSPS) is 27.9. The lowest BCUT2D eigenvalue weighted by atomic mass is 9.68. The van der Waals surface area contributed by atoms with E-state index in [0.29, 0.717) is 5.92 Å². The quantitative estimate of drug-likeness (QED) is 0.706. The Kier molecular flexibility index (Phi) is 4.95. The molecule has 4 fully saturated rings. The molecule has 2 aliphatic heterocycles. The maximum atomic E-state index is 13.1. The molecule has 1 spiro atoms. The van der Waals surface area contributed by atoms with Crippen LogP contribution in [0.15, 0.2) is 16.8 Å². The largest absolute Gasteiger partial charge is 0.366 e. The molecule has 2 saturated heterocycles. The second kappa shape index (κ2) is 7.45. The number of likely N-dealkylation sites (tertiary alicyclic amines) is 2. The monoisotopic (exact) mass is 402 g/mol. The van der Waals surface area contributed by atoms with Crippen molar-refractivity contribution in [3.05, 3.63) is 22.4 Å². The first-order valence-corrected chi connectivity index (χ1v) is 11.9. The van der Waals surface area contributed by atoms with E-state index in [-0.39, 0.29) is 29.5 Å². The van der Waals surface area contributed by atoms with E-state index in [1.807, 2.05) is 21.7 Å². The summed E-state index contributed by atoms with van der Waals surface area (Å²) in [6, 6.07) is 2.16. The third-order valence-electron chi connectivity index (χ3n) is 7.23. The first kappa shape index (κ1) is 18.6. The summed E-state index contributed by atoms with van der Waals surface area (Å²) < 4.78 is 6.18. The van der Waals surface area contributed by atoms with E-state index >= 15 is 0 Å². The van der Waals surface area contributed by atoms with Crippen LogP contribution in [0.5, 0.6) is 0 Å². The highest BCUT2D eigenvalue weighted by atomic mass is 32.1. The Labute approximate surface area is 171 Å². The van der Waals surface area contributed by atoms with Crippen LogP contribution in [0.4, 0.5) is 0 Å². The van der Waals surface area contributed by atoms with Gasteiger partial charge in [-0.1, -0.05) is 19.3 Å². The Morgan fingerprint density at radius 1 is 1.14 bits per heavy atom. The number of β-lactam (4-membered cyclic amide) rings is 1. The van der Waals surface area contributed by atoms with Gasteiger partial charge >= 0.3 is 0 Å². The summed E-state index contributed by atoms with van der Waals surface area (Å²) in [5, 5.41) is 3.87.